The summed E-state index contributed by atoms with van der Waals surface area (Å²) in [6.45, 7) is 3.58. The minimum atomic E-state index is -3.60. The Labute approximate surface area is 136 Å². The molecule has 23 heavy (non-hydrogen) atoms. The Morgan fingerprint density at radius 2 is 1.96 bits per heavy atom. The molecule has 0 saturated carbocycles. The van der Waals surface area contributed by atoms with Gasteiger partial charge in [0.05, 0.1) is 25.6 Å². The normalized spacial score (nSPS) is 11.5. The van der Waals surface area contributed by atoms with Gasteiger partial charge in [-0.3, -0.25) is 5.10 Å². The Morgan fingerprint density at radius 3 is 2.52 bits per heavy atom. The van der Waals surface area contributed by atoms with E-state index in [4.69, 9.17) is 9.47 Å². The topological polar surface area (TPSA) is 93.3 Å². The summed E-state index contributed by atoms with van der Waals surface area (Å²) in [7, 11) is -0.440. The van der Waals surface area contributed by atoms with Gasteiger partial charge >= 0.3 is 0 Å². The average molecular weight is 339 g/mol. The smallest absolute Gasteiger partial charge is 0.244 e. The first-order valence-electron chi connectivity index (χ1n) is 7.11. The van der Waals surface area contributed by atoms with Crippen molar-refractivity contribution in [1.82, 2.24) is 14.9 Å². The van der Waals surface area contributed by atoms with Crippen LogP contribution >= 0.6 is 0 Å². The van der Waals surface area contributed by atoms with Crippen LogP contribution in [0.25, 0.3) is 0 Å². The molecule has 2 rings (SSSR count). The molecule has 0 aliphatic heterocycles. The number of sulfonamides is 1. The summed E-state index contributed by atoms with van der Waals surface area (Å²) in [5, 5.41) is 6.60. The summed E-state index contributed by atoms with van der Waals surface area (Å²) < 4.78 is 37.8. The molecule has 0 bridgehead atoms. The maximum atomic E-state index is 12.4. The number of rotatable bonds is 7. The van der Waals surface area contributed by atoms with E-state index >= 15 is 0 Å². The molecule has 0 radical (unpaired) electrons. The van der Waals surface area contributed by atoms with Gasteiger partial charge in [-0.15, -0.1) is 0 Å². The van der Waals surface area contributed by atoms with Crippen LogP contribution in [0.5, 0.6) is 11.5 Å². The Kier molecular flexibility index (Phi) is 5.27. The number of methoxy groups -OCH3 is 2. The van der Waals surface area contributed by atoms with E-state index in [0.29, 0.717) is 29.3 Å². The molecular formula is C15H21N3O4S. The van der Waals surface area contributed by atoms with E-state index in [0.717, 1.165) is 5.56 Å². The monoisotopic (exact) mass is 339 g/mol. The maximum Gasteiger partial charge on any atom is 0.244 e. The highest BCUT2D eigenvalue weighted by atomic mass is 32.2. The second-order valence-electron chi connectivity index (χ2n) is 5.09. The van der Waals surface area contributed by atoms with Gasteiger partial charge in [0.2, 0.25) is 10.0 Å². The van der Waals surface area contributed by atoms with Crippen molar-refractivity contribution in [2.75, 3.05) is 20.8 Å². The predicted molar refractivity (Wildman–Crippen MR) is 86.5 cm³/mol. The van der Waals surface area contributed by atoms with Crippen LogP contribution in [-0.4, -0.2) is 39.4 Å². The van der Waals surface area contributed by atoms with Crippen LogP contribution in [0, 0.1) is 13.8 Å². The van der Waals surface area contributed by atoms with Crippen LogP contribution in [-0.2, 0) is 16.4 Å². The van der Waals surface area contributed by atoms with E-state index in [-0.39, 0.29) is 11.4 Å². The van der Waals surface area contributed by atoms with Gasteiger partial charge in [-0.1, -0.05) is 0 Å². The molecule has 0 amide bonds. The van der Waals surface area contributed by atoms with Gasteiger partial charge in [-0.2, -0.15) is 5.10 Å². The Balaban J connectivity index is 2.10. The minimum Gasteiger partial charge on any atom is -0.497 e. The maximum absolute atomic E-state index is 12.4. The van der Waals surface area contributed by atoms with Crippen molar-refractivity contribution in [1.29, 1.82) is 0 Å². The lowest BCUT2D eigenvalue weighted by Crippen LogP contribution is -2.27. The SMILES string of the molecule is COc1ccc(OC)c(CCNS(=O)(=O)c2c(C)n[nH]c2C)c1. The third-order valence-electron chi connectivity index (χ3n) is 3.50. The fraction of sp³-hybridized carbons (Fsp3) is 0.400. The van der Waals surface area contributed by atoms with Crippen LogP contribution in [0.1, 0.15) is 17.0 Å². The van der Waals surface area contributed by atoms with Crippen LogP contribution in [0.15, 0.2) is 23.1 Å². The zero-order valence-electron chi connectivity index (χ0n) is 13.6. The number of ether oxygens (including phenoxy) is 2. The highest BCUT2D eigenvalue weighted by Crippen LogP contribution is 2.24. The number of H-pyrrole nitrogens is 1. The van der Waals surface area contributed by atoms with Crippen LogP contribution in [0.4, 0.5) is 0 Å². The third kappa shape index (κ3) is 3.83. The van der Waals surface area contributed by atoms with Gasteiger partial charge in [0, 0.05) is 6.54 Å². The second kappa shape index (κ2) is 7.01. The average Bonchev–Trinajstić information content (AvgIpc) is 2.86. The molecule has 0 unspecified atom stereocenters. The van der Waals surface area contributed by atoms with Crippen molar-refractivity contribution in [3.8, 4) is 11.5 Å². The van der Waals surface area contributed by atoms with Gasteiger partial charge in [0.1, 0.15) is 16.4 Å². The molecule has 0 spiro atoms. The Morgan fingerprint density at radius 1 is 1.22 bits per heavy atom. The molecule has 7 nitrogen and oxygen atoms in total. The molecule has 0 aliphatic carbocycles. The lowest BCUT2D eigenvalue weighted by Gasteiger charge is -2.11. The molecule has 2 aromatic rings. The van der Waals surface area contributed by atoms with Crippen molar-refractivity contribution in [3.63, 3.8) is 0 Å². The number of nitrogens with zero attached hydrogens (tertiary/aromatic N) is 1. The summed E-state index contributed by atoms with van der Waals surface area (Å²) in [6, 6.07) is 5.43. The quantitative estimate of drug-likeness (QED) is 0.798. The van der Waals surface area contributed by atoms with E-state index in [2.05, 4.69) is 14.9 Å². The summed E-state index contributed by atoms with van der Waals surface area (Å²) >= 11 is 0. The van der Waals surface area contributed by atoms with E-state index in [1.807, 2.05) is 6.07 Å². The fourth-order valence-electron chi connectivity index (χ4n) is 2.41. The molecule has 0 saturated heterocycles. The molecule has 0 fully saturated rings. The van der Waals surface area contributed by atoms with Crippen molar-refractivity contribution < 1.29 is 17.9 Å². The first-order valence-corrected chi connectivity index (χ1v) is 8.59. The molecule has 1 aromatic carbocycles. The lowest BCUT2D eigenvalue weighted by molar-refractivity contribution is 0.398. The predicted octanol–water partition coefficient (Wildman–Crippen LogP) is 1.56. The van der Waals surface area contributed by atoms with Crippen molar-refractivity contribution >= 4 is 10.0 Å². The zero-order chi connectivity index (χ0) is 17.0. The number of aryl methyl sites for hydroxylation is 2. The molecule has 2 N–H and O–H groups in total. The van der Waals surface area contributed by atoms with Crippen molar-refractivity contribution in [2.45, 2.75) is 25.2 Å². The van der Waals surface area contributed by atoms with Gasteiger partial charge in [-0.05, 0) is 44.0 Å². The second-order valence-corrected chi connectivity index (χ2v) is 6.79. The molecule has 126 valence electrons. The van der Waals surface area contributed by atoms with Crippen molar-refractivity contribution in [3.05, 3.63) is 35.2 Å². The molecule has 8 heteroatoms. The number of benzene rings is 1. The highest BCUT2D eigenvalue weighted by Gasteiger charge is 2.21. The van der Waals surface area contributed by atoms with Gasteiger partial charge in [0.25, 0.3) is 0 Å². The van der Waals surface area contributed by atoms with Gasteiger partial charge in [-0.25, -0.2) is 13.1 Å². The first-order chi connectivity index (χ1) is 10.9. The van der Waals surface area contributed by atoms with E-state index in [1.54, 1.807) is 40.2 Å². The van der Waals surface area contributed by atoms with Gasteiger partial charge in [0.15, 0.2) is 0 Å². The number of hydrogen-bond donors (Lipinski definition) is 2. The first kappa shape index (κ1) is 17.3. The van der Waals surface area contributed by atoms with E-state index < -0.39 is 10.0 Å². The van der Waals surface area contributed by atoms with Gasteiger partial charge < -0.3 is 9.47 Å². The lowest BCUT2D eigenvalue weighted by atomic mass is 10.1. The Hall–Kier alpha value is -2.06. The molecule has 1 heterocycles. The largest absolute Gasteiger partial charge is 0.497 e. The summed E-state index contributed by atoms with van der Waals surface area (Å²) in [6.07, 6.45) is 0.482. The number of aromatic nitrogens is 2. The standard InChI is InChI=1S/C15H21N3O4S/c1-10-15(11(2)18-17-10)23(19,20)16-8-7-12-9-13(21-3)5-6-14(12)22-4/h5-6,9,16H,7-8H2,1-4H3,(H,17,18). The van der Waals surface area contributed by atoms with E-state index in [1.165, 1.54) is 0 Å². The fourth-order valence-corrected chi connectivity index (χ4v) is 3.80. The minimum absolute atomic E-state index is 0.204. The summed E-state index contributed by atoms with van der Waals surface area (Å²) in [4.78, 5) is 0.204. The molecular weight excluding hydrogens is 318 g/mol. The number of hydrogen-bond acceptors (Lipinski definition) is 5. The van der Waals surface area contributed by atoms with E-state index in [9.17, 15) is 8.42 Å². The molecule has 0 aliphatic rings. The van der Waals surface area contributed by atoms with Crippen LogP contribution in [0.2, 0.25) is 0 Å². The number of aromatic amines is 1. The zero-order valence-corrected chi connectivity index (χ0v) is 14.5. The highest BCUT2D eigenvalue weighted by molar-refractivity contribution is 7.89. The molecule has 1 aromatic heterocycles. The van der Waals surface area contributed by atoms with Crippen molar-refractivity contribution in [2.24, 2.45) is 0 Å². The number of nitrogens with one attached hydrogen (secondary N) is 2. The Bertz CT molecular complexity index is 765. The summed E-state index contributed by atoms with van der Waals surface area (Å²) in [5.41, 5.74) is 1.85. The molecule has 0 atom stereocenters. The van der Waals surface area contributed by atoms with Crippen LogP contribution in [0.3, 0.4) is 0 Å². The van der Waals surface area contributed by atoms with Crippen LogP contribution < -0.4 is 14.2 Å². The summed E-state index contributed by atoms with van der Waals surface area (Å²) in [5.74, 6) is 1.39. The third-order valence-corrected chi connectivity index (χ3v) is 5.23.